The molecular weight excluding hydrogens is 228 g/mol. The first kappa shape index (κ1) is 12.5. The summed E-state index contributed by atoms with van der Waals surface area (Å²) in [5.74, 6) is 0. The Morgan fingerprint density at radius 1 is 0.769 bits per heavy atom. The van der Waals surface area contributed by atoms with Gasteiger partial charge in [0.25, 0.3) is 5.13 Å². The molecule has 1 unspecified atom stereocenters. The molecule has 0 heterocycles. The van der Waals surface area contributed by atoms with E-state index in [1.807, 2.05) is 0 Å². The van der Waals surface area contributed by atoms with Gasteiger partial charge in [-0.05, 0) is 6.08 Å². The molecule has 0 aromatic carbocycles. The molecule has 0 bridgehead atoms. The van der Waals surface area contributed by atoms with Crippen molar-refractivity contribution in [2.75, 3.05) is 0 Å². The quantitative estimate of drug-likeness (QED) is 0.367. The highest BCUT2D eigenvalue weighted by Crippen LogP contribution is 2.39. The lowest BCUT2D eigenvalue weighted by Crippen LogP contribution is -2.33. The van der Waals surface area contributed by atoms with E-state index in [9.17, 15) is 30.7 Å². The second-order valence-corrected chi connectivity index (χ2v) is 2.55. The van der Waals surface area contributed by atoms with Crippen LogP contribution in [-0.4, -0.2) is 17.5 Å². The van der Waals surface area contributed by atoms with Crippen LogP contribution in [0, 0.1) is 0 Å². The van der Waals surface area contributed by atoms with E-state index in [4.69, 9.17) is 0 Å². The zero-order valence-corrected chi connectivity index (χ0v) is 6.43. The summed E-state index contributed by atoms with van der Waals surface area (Å²) in [6.45, 7) is 0. The van der Waals surface area contributed by atoms with Gasteiger partial charge in [-0.25, -0.2) is 4.39 Å². The van der Waals surface area contributed by atoms with Crippen molar-refractivity contribution in [3.05, 3.63) is 12.2 Å². The van der Waals surface area contributed by atoms with Crippen molar-refractivity contribution >= 4 is 11.6 Å². The van der Waals surface area contributed by atoms with Crippen LogP contribution in [0.2, 0.25) is 0 Å². The van der Waals surface area contributed by atoms with Gasteiger partial charge in [-0.1, -0.05) is 11.6 Å². The fourth-order valence-corrected chi connectivity index (χ4v) is 0.357. The molecule has 1 atom stereocenters. The molecule has 78 valence electrons. The summed E-state index contributed by atoms with van der Waals surface area (Å²) < 4.78 is 80.5. The van der Waals surface area contributed by atoms with Gasteiger partial charge < -0.3 is 0 Å². The molecule has 0 aliphatic heterocycles. The van der Waals surface area contributed by atoms with Crippen LogP contribution < -0.4 is 0 Å². The Hall–Kier alpha value is -0.460. The second kappa shape index (κ2) is 3.36. The third-order valence-electron chi connectivity index (χ3n) is 0.860. The third kappa shape index (κ3) is 4.35. The predicted molar refractivity (Wildman–Crippen MR) is 30.9 cm³/mol. The van der Waals surface area contributed by atoms with E-state index in [2.05, 4.69) is 11.6 Å². The van der Waals surface area contributed by atoms with E-state index >= 15 is 0 Å². The van der Waals surface area contributed by atoms with Gasteiger partial charge in [-0.3, -0.25) is 0 Å². The SMILES string of the molecule is FC(F)(F)C=CC(F)(Cl)C(F)(F)F. The second-order valence-electron chi connectivity index (χ2n) is 2.00. The zero-order valence-electron chi connectivity index (χ0n) is 5.68. The molecule has 0 amide bonds. The zero-order chi connectivity index (χ0) is 10.9. The highest BCUT2D eigenvalue weighted by Gasteiger charge is 2.53. The predicted octanol–water partition coefficient (Wildman–Crippen LogP) is 3.57. The smallest absolute Gasteiger partial charge is 0.211 e. The lowest BCUT2D eigenvalue weighted by molar-refractivity contribution is -0.183. The molecule has 0 aliphatic rings. The van der Waals surface area contributed by atoms with E-state index < -0.39 is 29.6 Å². The van der Waals surface area contributed by atoms with Crippen LogP contribution in [0.15, 0.2) is 12.2 Å². The minimum Gasteiger partial charge on any atom is -0.211 e. The van der Waals surface area contributed by atoms with Crippen molar-refractivity contribution in [2.24, 2.45) is 0 Å². The van der Waals surface area contributed by atoms with Gasteiger partial charge >= 0.3 is 12.4 Å². The molecule has 8 heteroatoms. The number of hydrogen-bond donors (Lipinski definition) is 0. The van der Waals surface area contributed by atoms with Crippen LogP contribution in [0.1, 0.15) is 0 Å². The van der Waals surface area contributed by atoms with Gasteiger partial charge in [-0.2, -0.15) is 26.3 Å². The molecular formula is C5H2ClF7. The molecule has 0 N–H and O–H groups in total. The number of halogens is 8. The monoisotopic (exact) mass is 230 g/mol. The van der Waals surface area contributed by atoms with E-state index in [-0.39, 0.29) is 0 Å². The van der Waals surface area contributed by atoms with E-state index in [0.717, 1.165) is 0 Å². The van der Waals surface area contributed by atoms with E-state index in [1.165, 1.54) is 0 Å². The van der Waals surface area contributed by atoms with Gasteiger partial charge in [0, 0.05) is 6.08 Å². The number of alkyl halides is 8. The van der Waals surface area contributed by atoms with Crippen molar-refractivity contribution in [1.29, 1.82) is 0 Å². The lowest BCUT2D eigenvalue weighted by atomic mass is 10.3. The molecule has 0 saturated heterocycles. The molecule has 0 nitrogen and oxygen atoms in total. The maximum absolute atomic E-state index is 12.2. The highest BCUT2D eigenvalue weighted by molar-refractivity contribution is 6.24. The summed E-state index contributed by atoms with van der Waals surface area (Å²) in [6.07, 6.45) is -12.3. The largest absolute Gasteiger partial charge is 0.440 e. The number of hydrogen-bond acceptors (Lipinski definition) is 0. The molecule has 0 aliphatic carbocycles. The molecule has 0 rings (SSSR count). The molecule has 13 heavy (non-hydrogen) atoms. The molecule has 0 spiro atoms. The first-order valence-corrected chi connectivity index (χ1v) is 3.05. The van der Waals surface area contributed by atoms with Crippen molar-refractivity contribution in [3.63, 3.8) is 0 Å². The van der Waals surface area contributed by atoms with E-state index in [1.54, 1.807) is 0 Å². The van der Waals surface area contributed by atoms with Gasteiger partial charge in [0.1, 0.15) is 0 Å². The Morgan fingerprint density at radius 2 is 1.15 bits per heavy atom. The topological polar surface area (TPSA) is 0 Å². The summed E-state index contributed by atoms with van der Waals surface area (Å²) in [5, 5.41) is -4.48. The van der Waals surface area contributed by atoms with Crippen molar-refractivity contribution < 1.29 is 30.7 Å². The molecule has 0 aromatic rings. The highest BCUT2D eigenvalue weighted by atomic mass is 35.5. The Labute approximate surface area is 73.0 Å². The normalized spacial score (nSPS) is 19.1. The van der Waals surface area contributed by atoms with Gasteiger partial charge in [0.2, 0.25) is 0 Å². The van der Waals surface area contributed by atoms with Gasteiger partial charge in [0.05, 0.1) is 0 Å². The summed E-state index contributed by atoms with van der Waals surface area (Å²) in [5.41, 5.74) is 0. The van der Waals surface area contributed by atoms with Crippen LogP contribution in [-0.2, 0) is 0 Å². The van der Waals surface area contributed by atoms with Crippen molar-refractivity contribution in [2.45, 2.75) is 17.5 Å². The number of rotatable bonds is 1. The van der Waals surface area contributed by atoms with Crippen molar-refractivity contribution in [3.8, 4) is 0 Å². The van der Waals surface area contributed by atoms with Crippen LogP contribution in [0.25, 0.3) is 0 Å². The summed E-state index contributed by atoms with van der Waals surface area (Å²) in [7, 11) is 0. The Morgan fingerprint density at radius 3 is 1.38 bits per heavy atom. The van der Waals surface area contributed by atoms with Crippen LogP contribution in [0.5, 0.6) is 0 Å². The lowest BCUT2D eigenvalue weighted by Gasteiger charge is -2.16. The van der Waals surface area contributed by atoms with Gasteiger partial charge in [0.15, 0.2) is 0 Å². The number of allylic oxidation sites excluding steroid dienone is 2. The first-order chi connectivity index (χ1) is 5.46. The summed E-state index contributed by atoms with van der Waals surface area (Å²) in [6, 6.07) is 0. The molecule has 0 saturated carbocycles. The molecule has 0 fully saturated rings. The average molecular weight is 231 g/mol. The first-order valence-electron chi connectivity index (χ1n) is 2.67. The summed E-state index contributed by atoms with van der Waals surface area (Å²) in [4.78, 5) is 0. The standard InChI is InChI=1S/C5H2ClF7/c6-3(7,5(11,12)13)1-2-4(8,9)10/h1-2H. The average Bonchev–Trinajstić information content (AvgIpc) is 1.79. The van der Waals surface area contributed by atoms with E-state index in [0.29, 0.717) is 0 Å². The maximum Gasteiger partial charge on any atom is 0.440 e. The van der Waals surface area contributed by atoms with Crippen LogP contribution in [0.4, 0.5) is 30.7 Å². The Balaban J connectivity index is 4.62. The van der Waals surface area contributed by atoms with Crippen molar-refractivity contribution in [1.82, 2.24) is 0 Å². The third-order valence-corrected chi connectivity index (χ3v) is 1.20. The van der Waals surface area contributed by atoms with Gasteiger partial charge in [-0.15, -0.1) is 0 Å². The molecule has 0 aromatic heterocycles. The van der Waals surface area contributed by atoms with Crippen LogP contribution >= 0.6 is 11.6 Å². The minimum atomic E-state index is -5.57. The minimum absolute atomic E-state index is 0.797. The maximum atomic E-state index is 12.2. The Kier molecular flexibility index (Phi) is 3.24. The fraction of sp³-hybridized carbons (Fsp3) is 0.600. The Bertz CT molecular complexity index is 198. The fourth-order valence-electron chi connectivity index (χ4n) is 0.294. The molecule has 0 radical (unpaired) electrons. The van der Waals surface area contributed by atoms with Crippen LogP contribution in [0.3, 0.4) is 0 Å². The summed E-state index contributed by atoms with van der Waals surface area (Å²) >= 11 is 4.14.